The molecule has 0 spiro atoms. The first kappa shape index (κ1) is 26.6. The van der Waals surface area contributed by atoms with Crippen molar-refractivity contribution >= 4 is 57.1 Å². The Balaban J connectivity index is 1.46. The molecule has 1 saturated heterocycles. The average molecular weight is 578 g/mol. The number of anilines is 2. The molecule has 0 bridgehead atoms. The number of hydrogen-bond acceptors (Lipinski definition) is 6. The molecule has 0 aliphatic carbocycles. The SMILES string of the molecule is CCOc1ccc(N2C(=O)NC(=O)/C(=C\c3ccc(OCC(=O)Nc4ccc(C)cc4)c(Br)c3)C2=O)cc1. The summed E-state index contributed by atoms with van der Waals surface area (Å²) in [4.78, 5) is 51.2. The van der Waals surface area contributed by atoms with E-state index in [1.807, 2.05) is 26.0 Å². The van der Waals surface area contributed by atoms with Gasteiger partial charge in [-0.2, -0.15) is 0 Å². The molecule has 4 rings (SSSR count). The molecule has 0 unspecified atom stereocenters. The summed E-state index contributed by atoms with van der Waals surface area (Å²) in [6.45, 7) is 4.06. The molecule has 3 aromatic carbocycles. The fraction of sp³-hybridized carbons (Fsp3) is 0.143. The molecule has 9 nitrogen and oxygen atoms in total. The largest absolute Gasteiger partial charge is 0.494 e. The first-order valence-electron chi connectivity index (χ1n) is 11.7. The van der Waals surface area contributed by atoms with Crippen molar-refractivity contribution < 1.29 is 28.7 Å². The van der Waals surface area contributed by atoms with Gasteiger partial charge in [0.05, 0.1) is 16.8 Å². The summed E-state index contributed by atoms with van der Waals surface area (Å²) >= 11 is 3.40. The van der Waals surface area contributed by atoms with Crippen LogP contribution in [-0.2, 0) is 14.4 Å². The third-order valence-corrected chi connectivity index (χ3v) is 6.09. The van der Waals surface area contributed by atoms with E-state index in [-0.39, 0.29) is 18.1 Å². The van der Waals surface area contributed by atoms with Crippen molar-refractivity contribution in [3.63, 3.8) is 0 Å². The van der Waals surface area contributed by atoms with Crippen LogP contribution in [0, 0.1) is 6.92 Å². The van der Waals surface area contributed by atoms with Crippen LogP contribution in [0.3, 0.4) is 0 Å². The Bertz CT molecular complexity index is 1420. The Hall–Kier alpha value is -4.44. The lowest BCUT2D eigenvalue weighted by Crippen LogP contribution is -2.54. The Labute approximate surface area is 227 Å². The molecule has 38 heavy (non-hydrogen) atoms. The zero-order valence-electron chi connectivity index (χ0n) is 20.6. The predicted octanol–water partition coefficient (Wildman–Crippen LogP) is 4.84. The first-order valence-corrected chi connectivity index (χ1v) is 12.5. The molecule has 0 atom stereocenters. The zero-order valence-corrected chi connectivity index (χ0v) is 22.2. The number of benzene rings is 3. The lowest BCUT2D eigenvalue weighted by molar-refractivity contribution is -0.122. The van der Waals surface area contributed by atoms with Crippen LogP contribution >= 0.6 is 15.9 Å². The van der Waals surface area contributed by atoms with Gasteiger partial charge in [0.15, 0.2) is 6.61 Å². The van der Waals surface area contributed by atoms with Crippen LogP contribution in [0.5, 0.6) is 11.5 Å². The second kappa shape index (κ2) is 11.7. The van der Waals surface area contributed by atoms with Crippen LogP contribution in [0.15, 0.2) is 76.8 Å². The van der Waals surface area contributed by atoms with Gasteiger partial charge >= 0.3 is 6.03 Å². The highest BCUT2D eigenvalue weighted by atomic mass is 79.9. The van der Waals surface area contributed by atoms with Crippen molar-refractivity contribution in [3.8, 4) is 11.5 Å². The topological polar surface area (TPSA) is 114 Å². The third-order valence-electron chi connectivity index (χ3n) is 5.47. The van der Waals surface area contributed by atoms with Crippen LogP contribution in [0.2, 0.25) is 0 Å². The number of barbiturate groups is 1. The quantitative estimate of drug-likeness (QED) is 0.292. The zero-order chi connectivity index (χ0) is 27.2. The molecule has 0 radical (unpaired) electrons. The number of aryl methyl sites for hydroxylation is 1. The molecule has 3 aromatic rings. The number of halogens is 1. The molecular weight excluding hydrogens is 554 g/mol. The summed E-state index contributed by atoms with van der Waals surface area (Å²) in [6, 6.07) is 17.8. The predicted molar refractivity (Wildman–Crippen MR) is 146 cm³/mol. The molecule has 10 heteroatoms. The van der Waals surface area contributed by atoms with Crippen molar-refractivity contribution in [2.75, 3.05) is 23.4 Å². The van der Waals surface area contributed by atoms with Gasteiger partial charge in [-0.1, -0.05) is 23.8 Å². The van der Waals surface area contributed by atoms with Gasteiger partial charge < -0.3 is 14.8 Å². The monoisotopic (exact) mass is 577 g/mol. The van der Waals surface area contributed by atoms with Gasteiger partial charge in [0.25, 0.3) is 17.7 Å². The van der Waals surface area contributed by atoms with E-state index >= 15 is 0 Å². The van der Waals surface area contributed by atoms with Crippen LogP contribution < -0.4 is 25.0 Å². The Morgan fingerprint density at radius 1 is 1.00 bits per heavy atom. The van der Waals surface area contributed by atoms with E-state index in [1.165, 1.54) is 6.08 Å². The highest BCUT2D eigenvalue weighted by molar-refractivity contribution is 9.10. The van der Waals surface area contributed by atoms with Crippen molar-refractivity contribution in [2.45, 2.75) is 13.8 Å². The lowest BCUT2D eigenvalue weighted by Gasteiger charge is -2.26. The average Bonchev–Trinajstić information content (AvgIpc) is 2.88. The number of carbonyl (C=O) groups excluding carboxylic acids is 4. The molecule has 1 heterocycles. The van der Waals surface area contributed by atoms with Gasteiger partial charge in [-0.25, -0.2) is 9.69 Å². The Kier molecular flexibility index (Phi) is 8.22. The lowest BCUT2D eigenvalue weighted by atomic mass is 10.1. The Morgan fingerprint density at radius 3 is 2.37 bits per heavy atom. The van der Waals surface area contributed by atoms with E-state index in [0.717, 1.165) is 10.5 Å². The number of amides is 5. The van der Waals surface area contributed by atoms with Crippen LogP contribution in [0.25, 0.3) is 6.08 Å². The van der Waals surface area contributed by atoms with Crippen LogP contribution in [0.1, 0.15) is 18.1 Å². The van der Waals surface area contributed by atoms with E-state index in [0.29, 0.717) is 39.5 Å². The van der Waals surface area contributed by atoms with Gasteiger partial charge in [0, 0.05) is 5.69 Å². The molecule has 1 aliphatic heterocycles. The maximum atomic E-state index is 13.1. The van der Waals surface area contributed by atoms with Crippen LogP contribution in [0.4, 0.5) is 16.2 Å². The van der Waals surface area contributed by atoms with E-state index in [1.54, 1.807) is 54.6 Å². The van der Waals surface area contributed by atoms with E-state index in [4.69, 9.17) is 9.47 Å². The fourth-order valence-corrected chi connectivity index (χ4v) is 4.13. The van der Waals surface area contributed by atoms with Crippen molar-refractivity contribution in [1.29, 1.82) is 0 Å². The highest BCUT2D eigenvalue weighted by Crippen LogP contribution is 2.29. The van der Waals surface area contributed by atoms with E-state index in [9.17, 15) is 19.2 Å². The minimum absolute atomic E-state index is 0.212. The maximum Gasteiger partial charge on any atom is 0.335 e. The summed E-state index contributed by atoms with van der Waals surface area (Å²) in [5.41, 5.74) is 2.34. The summed E-state index contributed by atoms with van der Waals surface area (Å²) in [7, 11) is 0. The van der Waals surface area contributed by atoms with Crippen molar-refractivity contribution in [2.24, 2.45) is 0 Å². The Morgan fingerprint density at radius 2 is 1.71 bits per heavy atom. The van der Waals surface area contributed by atoms with E-state index in [2.05, 4.69) is 26.6 Å². The van der Waals surface area contributed by atoms with Crippen molar-refractivity contribution in [1.82, 2.24) is 5.32 Å². The number of hydrogen-bond donors (Lipinski definition) is 2. The minimum atomic E-state index is -0.838. The summed E-state index contributed by atoms with van der Waals surface area (Å²) < 4.78 is 11.5. The summed E-state index contributed by atoms with van der Waals surface area (Å²) in [6.07, 6.45) is 1.38. The smallest absolute Gasteiger partial charge is 0.335 e. The molecular formula is C28H24BrN3O6. The molecule has 5 amide bonds. The minimum Gasteiger partial charge on any atom is -0.494 e. The summed E-state index contributed by atoms with van der Waals surface area (Å²) in [5.74, 6) is -0.890. The number of carbonyl (C=O) groups is 4. The number of nitrogens with zero attached hydrogens (tertiary/aromatic N) is 1. The van der Waals surface area contributed by atoms with Gasteiger partial charge in [0.2, 0.25) is 0 Å². The van der Waals surface area contributed by atoms with Gasteiger partial charge in [-0.05, 0) is 89.9 Å². The second-order valence-electron chi connectivity index (χ2n) is 8.28. The number of nitrogens with one attached hydrogen (secondary N) is 2. The third kappa shape index (κ3) is 6.27. The van der Waals surface area contributed by atoms with Crippen LogP contribution in [-0.4, -0.2) is 37.0 Å². The number of urea groups is 1. The normalized spacial score (nSPS) is 14.3. The number of rotatable bonds is 8. The summed E-state index contributed by atoms with van der Waals surface area (Å²) in [5, 5.41) is 4.95. The highest BCUT2D eigenvalue weighted by Gasteiger charge is 2.36. The second-order valence-corrected chi connectivity index (χ2v) is 9.13. The van der Waals surface area contributed by atoms with Crippen molar-refractivity contribution in [3.05, 3.63) is 87.9 Å². The molecule has 194 valence electrons. The van der Waals surface area contributed by atoms with Gasteiger partial charge in [-0.3, -0.25) is 19.7 Å². The molecule has 2 N–H and O–H groups in total. The molecule has 0 aromatic heterocycles. The molecule has 0 saturated carbocycles. The standard InChI is InChI=1S/C28H24BrN3O6/c1-3-37-21-11-9-20(10-12-21)32-27(35)22(26(34)31-28(32)36)14-18-6-13-24(23(29)15-18)38-16-25(33)30-19-7-4-17(2)5-8-19/h4-15H,3,16H2,1-2H3,(H,30,33)(H,31,34,36)/b22-14+. The maximum absolute atomic E-state index is 13.1. The number of imide groups is 2. The van der Waals surface area contributed by atoms with Gasteiger partial charge in [-0.15, -0.1) is 0 Å². The van der Waals surface area contributed by atoms with E-state index < -0.39 is 17.8 Å². The van der Waals surface area contributed by atoms with Gasteiger partial charge in [0.1, 0.15) is 17.1 Å². The first-order chi connectivity index (χ1) is 18.2. The molecule has 1 fully saturated rings. The molecule has 1 aliphatic rings. The fourth-order valence-electron chi connectivity index (χ4n) is 3.62. The number of ether oxygens (including phenoxy) is 2.